The molecular weight excluding hydrogens is 286 g/mol. The van der Waals surface area contributed by atoms with Gasteiger partial charge in [-0.05, 0) is 11.5 Å². The van der Waals surface area contributed by atoms with Crippen LogP contribution >= 0.6 is 0 Å². The summed E-state index contributed by atoms with van der Waals surface area (Å²) < 4.78 is 27.1. The van der Waals surface area contributed by atoms with Crippen molar-refractivity contribution in [3.05, 3.63) is 33.9 Å². The highest BCUT2D eigenvalue weighted by Crippen LogP contribution is 2.33. The van der Waals surface area contributed by atoms with Gasteiger partial charge in [0.05, 0.1) is 11.3 Å². The molecule has 1 unspecified atom stereocenters. The van der Waals surface area contributed by atoms with Gasteiger partial charge in [-0.1, -0.05) is 20.8 Å². The quantitative estimate of drug-likeness (QED) is 0.643. The van der Waals surface area contributed by atoms with Gasteiger partial charge in [0.15, 0.2) is 17.3 Å². The maximum atomic E-state index is 13.8. The third-order valence-electron chi connectivity index (χ3n) is 3.01. The van der Waals surface area contributed by atoms with Crippen LogP contribution in [-0.2, 0) is 4.79 Å². The molecule has 0 fully saturated rings. The summed E-state index contributed by atoms with van der Waals surface area (Å²) in [5.74, 6) is -3.79. The van der Waals surface area contributed by atoms with Crippen LogP contribution in [0.2, 0.25) is 0 Å². The molecule has 0 saturated heterocycles. The molecule has 0 bridgehead atoms. The van der Waals surface area contributed by atoms with Crippen molar-refractivity contribution in [3.63, 3.8) is 0 Å². The molecule has 2 N–H and O–H groups in total. The van der Waals surface area contributed by atoms with Crippen molar-refractivity contribution in [1.29, 1.82) is 0 Å². The molecular formula is C13H16F2N2O4. The minimum atomic E-state index is -1.40. The Morgan fingerprint density at radius 3 is 2.43 bits per heavy atom. The Morgan fingerprint density at radius 1 is 1.43 bits per heavy atom. The second kappa shape index (κ2) is 6.02. The molecule has 8 heteroatoms. The first kappa shape index (κ1) is 16.8. The van der Waals surface area contributed by atoms with E-state index in [1.165, 1.54) is 0 Å². The number of carboxylic acid groups (broad SMARTS) is 1. The molecule has 116 valence electrons. The van der Waals surface area contributed by atoms with Crippen LogP contribution in [0.3, 0.4) is 0 Å². The van der Waals surface area contributed by atoms with E-state index in [4.69, 9.17) is 5.11 Å². The van der Waals surface area contributed by atoms with Crippen LogP contribution in [0, 0.1) is 27.2 Å². The van der Waals surface area contributed by atoms with Crippen molar-refractivity contribution in [3.8, 4) is 0 Å². The molecule has 0 aliphatic rings. The van der Waals surface area contributed by atoms with Gasteiger partial charge in [0.2, 0.25) is 0 Å². The number of anilines is 1. The second-order valence-electron chi connectivity index (χ2n) is 5.67. The minimum absolute atomic E-state index is 0.392. The van der Waals surface area contributed by atoms with Gasteiger partial charge in [-0.3, -0.25) is 14.9 Å². The summed E-state index contributed by atoms with van der Waals surface area (Å²) in [6.07, 6.45) is -0.392. The number of nitro groups is 1. The van der Waals surface area contributed by atoms with E-state index in [9.17, 15) is 23.7 Å². The third kappa shape index (κ3) is 4.11. The first-order chi connectivity index (χ1) is 9.54. The first-order valence-electron chi connectivity index (χ1n) is 6.14. The van der Waals surface area contributed by atoms with Crippen molar-refractivity contribution in [2.75, 3.05) is 5.32 Å². The van der Waals surface area contributed by atoms with E-state index >= 15 is 0 Å². The number of benzene rings is 1. The number of carbonyl (C=O) groups is 1. The average molecular weight is 302 g/mol. The minimum Gasteiger partial charge on any atom is -0.481 e. The number of carboxylic acids is 1. The SMILES string of the molecule is CC(C)(C)C(CC(=O)O)Nc1c([N+](=O)[O-])ccc(F)c1F. The summed E-state index contributed by atoms with van der Waals surface area (Å²) in [7, 11) is 0. The van der Waals surface area contributed by atoms with E-state index in [2.05, 4.69) is 5.32 Å². The molecule has 1 rings (SSSR count). The van der Waals surface area contributed by atoms with Crippen LogP contribution in [0.25, 0.3) is 0 Å². The molecule has 0 aromatic heterocycles. The van der Waals surface area contributed by atoms with Gasteiger partial charge in [-0.15, -0.1) is 0 Å². The Bertz CT molecular complexity index is 570. The van der Waals surface area contributed by atoms with Crippen molar-refractivity contribution in [2.45, 2.75) is 33.2 Å². The summed E-state index contributed by atoms with van der Waals surface area (Å²) in [4.78, 5) is 20.9. The first-order valence-corrected chi connectivity index (χ1v) is 6.14. The Hall–Kier alpha value is -2.25. The van der Waals surface area contributed by atoms with Gasteiger partial charge < -0.3 is 10.4 Å². The van der Waals surface area contributed by atoms with Crippen molar-refractivity contribution in [2.24, 2.45) is 5.41 Å². The Kier molecular flexibility index (Phi) is 4.82. The Morgan fingerprint density at radius 2 is 2.00 bits per heavy atom. The predicted molar refractivity (Wildman–Crippen MR) is 72.1 cm³/mol. The van der Waals surface area contributed by atoms with Gasteiger partial charge in [0.1, 0.15) is 0 Å². The van der Waals surface area contributed by atoms with Gasteiger partial charge in [-0.2, -0.15) is 0 Å². The van der Waals surface area contributed by atoms with Crippen LogP contribution in [-0.4, -0.2) is 22.0 Å². The smallest absolute Gasteiger partial charge is 0.305 e. The van der Waals surface area contributed by atoms with E-state index in [-0.39, 0.29) is 0 Å². The zero-order valence-corrected chi connectivity index (χ0v) is 11.8. The Balaban J connectivity index is 3.28. The lowest BCUT2D eigenvalue weighted by molar-refractivity contribution is -0.384. The number of nitro benzene ring substituents is 1. The molecule has 1 aromatic rings. The van der Waals surface area contributed by atoms with Crippen molar-refractivity contribution < 1.29 is 23.6 Å². The van der Waals surface area contributed by atoms with Crippen LogP contribution in [0.15, 0.2) is 12.1 Å². The normalized spacial score (nSPS) is 12.8. The summed E-state index contributed by atoms with van der Waals surface area (Å²) in [6, 6.07) is 0.674. The number of hydrogen-bond acceptors (Lipinski definition) is 4. The highest BCUT2D eigenvalue weighted by Gasteiger charge is 2.31. The zero-order valence-electron chi connectivity index (χ0n) is 11.8. The second-order valence-corrected chi connectivity index (χ2v) is 5.67. The number of halogens is 2. The molecule has 0 heterocycles. The Labute approximate surface area is 119 Å². The van der Waals surface area contributed by atoms with E-state index < -0.39 is 51.8 Å². The monoisotopic (exact) mass is 302 g/mol. The van der Waals surface area contributed by atoms with Gasteiger partial charge >= 0.3 is 5.97 Å². The van der Waals surface area contributed by atoms with Crippen molar-refractivity contribution in [1.82, 2.24) is 0 Å². The van der Waals surface area contributed by atoms with Gasteiger partial charge in [-0.25, -0.2) is 8.78 Å². The van der Waals surface area contributed by atoms with Crippen LogP contribution < -0.4 is 5.32 Å². The van der Waals surface area contributed by atoms with E-state index in [1.54, 1.807) is 20.8 Å². The maximum Gasteiger partial charge on any atom is 0.305 e. The fourth-order valence-corrected chi connectivity index (χ4v) is 1.75. The van der Waals surface area contributed by atoms with Gasteiger partial charge in [0, 0.05) is 12.1 Å². The maximum absolute atomic E-state index is 13.8. The molecule has 1 aromatic carbocycles. The number of aliphatic carboxylic acids is 1. The zero-order chi connectivity index (χ0) is 16.4. The average Bonchev–Trinajstić information content (AvgIpc) is 2.31. The topological polar surface area (TPSA) is 92.5 Å². The van der Waals surface area contributed by atoms with Crippen LogP contribution in [0.1, 0.15) is 27.2 Å². The summed E-state index contributed by atoms with van der Waals surface area (Å²) in [5.41, 5.74) is -1.92. The highest BCUT2D eigenvalue weighted by atomic mass is 19.2. The molecule has 6 nitrogen and oxygen atoms in total. The molecule has 0 spiro atoms. The standard InChI is InChI=1S/C13H16F2N2O4/c1-13(2,3)9(6-10(18)19)16-12-8(17(20)21)5-4-7(14)11(12)15/h4-5,9,16H,6H2,1-3H3,(H,18,19). The van der Waals surface area contributed by atoms with Crippen LogP contribution in [0.5, 0.6) is 0 Å². The van der Waals surface area contributed by atoms with E-state index in [0.717, 1.165) is 6.07 Å². The molecule has 21 heavy (non-hydrogen) atoms. The molecule has 0 saturated carbocycles. The summed E-state index contributed by atoms with van der Waals surface area (Å²) >= 11 is 0. The molecule has 0 aliphatic heterocycles. The lowest BCUT2D eigenvalue weighted by Crippen LogP contribution is -2.36. The fourth-order valence-electron chi connectivity index (χ4n) is 1.75. The van der Waals surface area contributed by atoms with E-state index in [1.807, 2.05) is 0 Å². The number of hydrogen-bond donors (Lipinski definition) is 2. The third-order valence-corrected chi connectivity index (χ3v) is 3.01. The van der Waals surface area contributed by atoms with Gasteiger partial charge in [0.25, 0.3) is 5.69 Å². The largest absolute Gasteiger partial charge is 0.481 e. The fraction of sp³-hybridized carbons (Fsp3) is 0.462. The number of nitrogens with one attached hydrogen (secondary N) is 1. The summed E-state index contributed by atoms with van der Waals surface area (Å²) in [5, 5.41) is 22.3. The van der Waals surface area contributed by atoms with E-state index in [0.29, 0.717) is 6.07 Å². The molecule has 1 atom stereocenters. The van der Waals surface area contributed by atoms with Crippen molar-refractivity contribution >= 4 is 17.3 Å². The lowest BCUT2D eigenvalue weighted by atomic mass is 9.84. The van der Waals surface area contributed by atoms with Crippen LogP contribution in [0.4, 0.5) is 20.2 Å². The number of rotatable bonds is 5. The molecule has 0 radical (unpaired) electrons. The lowest BCUT2D eigenvalue weighted by Gasteiger charge is -2.31. The summed E-state index contributed by atoms with van der Waals surface area (Å²) in [6.45, 7) is 5.07. The number of nitrogens with zero attached hydrogens (tertiary/aromatic N) is 1. The molecule has 0 amide bonds. The molecule has 0 aliphatic carbocycles. The predicted octanol–water partition coefficient (Wildman–Crippen LogP) is 3.17. The highest BCUT2D eigenvalue weighted by molar-refractivity contribution is 5.70.